The monoisotopic (exact) mass is 281 g/mol. The van der Waals surface area contributed by atoms with Crippen LogP contribution in [0, 0.1) is 11.3 Å². The van der Waals surface area contributed by atoms with Crippen LogP contribution < -0.4 is 15.2 Å². The predicted molar refractivity (Wildman–Crippen MR) is 78.3 cm³/mol. The number of pyridine rings is 1. The van der Waals surface area contributed by atoms with Crippen molar-refractivity contribution in [2.75, 3.05) is 5.73 Å². The summed E-state index contributed by atoms with van der Waals surface area (Å²) in [5, 5.41) is 8.96. The Morgan fingerprint density at radius 3 is 2.90 bits per heavy atom. The Balaban J connectivity index is 1.94. The minimum absolute atomic E-state index is 0.154. The summed E-state index contributed by atoms with van der Waals surface area (Å²) in [6, 6.07) is 10.9. The van der Waals surface area contributed by atoms with Crippen molar-refractivity contribution < 1.29 is 9.47 Å². The number of nitrogen functional groups attached to an aromatic ring is 1. The molecule has 0 spiro atoms. The molecule has 0 amide bonds. The molecule has 1 aliphatic heterocycles. The lowest BCUT2D eigenvalue weighted by Gasteiger charge is -2.18. The van der Waals surface area contributed by atoms with Gasteiger partial charge in [0, 0.05) is 18.1 Å². The van der Waals surface area contributed by atoms with Gasteiger partial charge in [-0.15, -0.1) is 0 Å². The maximum Gasteiger partial charge on any atom is 0.220 e. The molecule has 0 fully saturated rings. The van der Waals surface area contributed by atoms with E-state index >= 15 is 0 Å². The van der Waals surface area contributed by atoms with Gasteiger partial charge in [0.2, 0.25) is 5.88 Å². The second-order valence-electron chi connectivity index (χ2n) is 5.58. The number of ether oxygens (including phenoxy) is 2. The SMILES string of the molecule is CC1(C)Cc2cccc(Oc3ccc(N)c(C#N)n3)c2O1. The molecule has 106 valence electrons. The van der Waals surface area contributed by atoms with E-state index in [9.17, 15) is 0 Å². The zero-order valence-corrected chi connectivity index (χ0v) is 11.9. The standard InChI is InChI=1S/C16H15N3O2/c1-16(2)8-10-4-3-5-13(15(10)21-16)20-14-7-6-11(18)12(9-17)19-14/h3-7H,8,18H2,1-2H3. The molecular formula is C16H15N3O2. The molecule has 21 heavy (non-hydrogen) atoms. The third-order valence-electron chi connectivity index (χ3n) is 3.28. The average molecular weight is 281 g/mol. The number of hydrogen-bond donors (Lipinski definition) is 1. The summed E-state index contributed by atoms with van der Waals surface area (Å²) in [7, 11) is 0. The van der Waals surface area contributed by atoms with E-state index in [4.69, 9.17) is 20.5 Å². The molecule has 0 saturated carbocycles. The number of benzene rings is 1. The number of rotatable bonds is 2. The van der Waals surface area contributed by atoms with Crippen molar-refractivity contribution in [3.05, 3.63) is 41.6 Å². The molecule has 5 heteroatoms. The average Bonchev–Trinajstić information content (AvgIpc) is 2.76. The highest BCUT2D eigenvalue weighted by atomic mass is 16.5. The Labute approximate surface area is 122 Å². The first-order valence-corrected chi connectivity index (χ1v) is 6.64. The maximum atomic E-state index is 8.96. The maximum absolute atomic E-state index is 8.96. The summed E-state index contributed by atoms with van der Waals surface area (Å²) in [4.78, 5) is 4.08. The van der Waals surface area contributed by atoms with Crippen LogP contribution in [0.4, 0.5) is 5.69 Å². The molecule has 0 unspecified atom stereocenters. The van der Waals surface area contributed by atoms with Gasteiger partial charge in [-0.05, 0) is 26.0 Å². The van der Waals surface area contributed by atoms with E-state index in [1.807, 2.05) is 38.1 Å². The van der Waals surface area contributed by atoms with Crippen LogP contribution in [0.3, 0.4) is 0 Å². The van der Waals surface area contributed by atoms with Crippen molar-refractivity contribution in [2.45, 2.75) is 25.9 Å². The molecule has 0 radical (unpaired) electrons. The van der Waals surface area contributed by atoms with Gasteiger partial charge in [0.15, 0.2) is 17.2 Å². The summed E-state index contributed by atoms with van der Waals surface area (Å²) < 4.78 is 11.7. The fourth-order valence-corrected chi connectivity index (χ4v) is 2.38. The second-order valence-corrected chi connectivity index (χ2v) is 5.58. The van der Waals surface area contributed by atoms with Crippen LogP contribution in [0.25, 0.3) is 0 Å². The Bertz CT molecular complexity index is 748. The minimum atomic E-state index is -0.242. The molecule has 0 bridgehead atoms. The number of para-hydroxylation sites is 1. The number of nitrogens with zero attached hydrogens (tertiary/aromatic N) is 2. The lowest BCUT2D eigenvalue weighted by atomic mass is 10.0. The lowest BCUT2D eigenvalue weighted by molar-refractivity contribution is 0.135. The van der Waals surface area contributed by atoms with Crippen LogP contribution in [-0.2, 0) is 6.42 Å². The molecule has 2 aromatic rings. The minimum Gasteiger partial charge on any atom is -0.483 e. The zero-order valence-electron chi connectivity index (χ0n) is 11.9. The van der Waals surface area contributed by atoms with Crippen LogP contribution in [-0.4, -0.2) is 10.6 Å². The molecule has 0 saturated heterocycles. The summed E-state index contributed by atoms with van der Waals surface area (Å²) in [6.07, 6.45) is 0.831. The van der Waals surface area contributed by atoms with Crippen LogP contribution in [0.15, 0.2) is 30.3 Å². The summed E-state index contributed by atoms with van der Waals surface area (Å²) in [5.74, 6) is 1.65. The van der Waals surface area contributed by atoms with Gasteiger partial charge in [-0.3, -0.25) is 0 Å². The third kappa shape index (κ3) is 2.48. The van der Waals surface area contributed by atoms with E-state index in [1.54, 1.807) is 12.1 Å². The van der Waals surface area contributed by atoms with E-state index in [0.29, 0.717) is 17.3 Å². The molecule has 1 aliphatic rings. The fraction of sp³-hybridized carbons (Fsp3) is 0.250. The number of nitrogens with two attached hydrogens (primary N) is 1. The lowest BCUT2D eigenvalue weighted by Crippen LogP contribution is -2.24. The number of fused-ring (bicyclic) bond motifs is 1. The van der Waals surface area contributed by atoms with Gasteiger partial charge in [-0.2, -0.15) is 5.26 Å². The van der Waals surface area contributed by atoms with Crippen LogP contribution >= 0.6 is 0 Å². The van der Waals surface area contributed by atoms with Crippen molar-refractivity contribution in [3.8, 4) is 23.4 Å². The summed E-state index contributed by atoms with van der Waals surface area (Å²) in [6.45, 7) is 4.07. The van der Waals surface area contributed by atoms with Crippen molar-refractivity contribution in [3.63, 3.8) is 0 Å². The normalized spacial score (nSPS) is 14.9. The Morgan fingerprint density at radius 1 is 1.33 bits per heavy atom. The van der Waals surface area contributed by atoms with Gasteiger partial charge in [0.1, 0.15) is 11.7 Å². The molecule has 2 heterocycles. The second kappa shape index (κ2) is 4.67. The third-order valence-corrected chi connectivity index (χ3v) is 3.28. The van der Waals surface area contributed by atoms with E-state index < -0.39 is 0 Å². The van der Waals surface area contributed by atoms with Crippen LogP contribution in [0.5, 0.6) is 17.4 Å². The molecule has 2 N–H and O–H groups in total. The van der Waals surface area contributed by atoms with E-state index in [1.165, 1.54) is 0 Å². The first kappa shape index (κ1) is 13.3. The summed E-state index contributed by atoms with van der Waals surface area (Å²) in [5.41, 5.74) is 7.00. The zero-order chi connectivity index (χ0) is 15.0. The Hall–Kier alpha value is -2.74. The van der Waals surface area contributed by atoms with Crippen LogP contribution in [0.1, 0.15) is 25.1 Å². The number of nitriles is 1. The molecular weight excluding hydrogens is 266 g/mol. The first-order chi connectivity index (χ1) is 9.98. The Kier molecular flexibility index (Phi) is 2.95. The van der Waals surface area contributed by atoms with Gasteiger partial charge < -0.3 is 15.2 Å². The Morgan fingerprint density at radius 2 is 2.14 bits per heavy atom. The van der Waals surface area contributed by atoms with E-state index in [2.05, 4.69) is 4.98 Å². The van der Waals surface area contributed by atoms with Crippen LogP contribution in [0.2, 0.25) is 0 Å². The fourth-order valence-electron chi connectivity index (χ4n) is 2.38. The number of hydrogen-bond acceptors (Lipinski definition) is 5. The molecule has 0 atom stereocenters. The molecule has 3 rings (SSSR count). The van der Waals surface area contributed by atoms with Gasteiger partial charge in [0.25, 0.3) is 0 Å². The highest BCUT2D eigenvalue weighted by molar-refractivity contribution is 5.53. The van der Waals surface area contributed by atoms with E-state index in [0.717, 1.165) is 17.7 Å². The molecule has 0 aliphatic carbocycles. The van der Waals surface area contributed by atoms with Crippen molar-refractivity contribution in [1.29, 1.82) is 5.26 Å². The number of anilines is 1. The topological polar surface area (TPSA) is 81.2 Å². The quantitative estimate of drug-likeness (QED) is 0.915. The van der Waals surface area contributed by atoms with Crippen molar-refractivity contribution in [2.24, 2.45) is 0 Å². The highest BCUT2D eigenvalue weighted by Gasteiger charge is 2.32. The van der Waals surface area contributed by atoms with Gasteiger partial charge in [0.05, 0.1) is 5.69 Å². The number of aromatic nitrogens is 1. The molecule has 5 nitrogen and oxygen atoms in total. The largest absolute Gasteiger partial charge is 0.483 e. The smallest absolute Gasteiger partial charge is 0.220 e. The van der Waals surface area contributed by atoms with Crippen molar-refractivity contribution in [1.82, 2.24) is 4.98 Å². The van der Waals surface area contributed by atoms with Gasteiger partial charge in [-0.1, -0.05) is 12.1 Å². The van der Waals surface area contributed by atoms with Crippen molar-refractivity contribution >= 4 is 5.69 Å². The highest BCUT2D eigenvalue weighted by Crippen LogP contribution is 2.43. The first-order valence-electron chi connectivity index (χ1n) is 6.64. The van der Waals surface area contributed by atoms with E-state index in [-0.39, 0.29) is 11.3 Å². The molecule has 1 aromatic carbocycles. The predicted octanol–water partition coefficient (Wildman–Crippen LogP) is 3.04. The summed E-state index contributed by atoms with van der Waals surface area (Å²) >= 11 is 0. The van der Waals surface area contributed by atoms with Gasteiger partial charge >= 0.3 is 0 Å². The molecule has 1 aromatic heterocycles. The van der Waals surface area contributed by atoms with Gasteiger partial charge in [-0.25, -0.2) is 4.98 Å².